The van der Waals surface area contributed by atoms with Gasteiger partial charge in [-0.3, -0.25) is 14.7 Å². The van der Waals surface area contributed by atoms with Gasteiger partial charge in [0, 0.05) is 44.1 Å². The minimum absolute atomic E-state index is 0.0651. The number of hydrogen-bond donors (Lipinski definition) is 0. The molecule has 0 radical (unpaired) electrons. The lowest BCUT2D eigenvalue weighted by Gasteiger charge is -2.43. The summed E-state index contributed by atoms with van der Waals surface area (Å²) in [6.07, 6.45) is 3.52. The fraction of sp³-hybridized carbons (Fsp3) is 0.478. The summed E-state index contributed by atoms with van der Waals surface area (Å²) in [7, 11) is 0. The first-order valence-electron chi connectivity index (χ1n) is 10.3. The molecule has 0 aliphatic carbocycles. The van der Waals surface area contributed by atoms with E-state index in [1.807, 2.05) is 55.3 Å². The maximum absolute atomic E-state index is 13.6. The van der Waals surface area contributed by atoms with Crippen molar-refractivity contribution in [2.45, 2.75) is 26.0 Å². The summed E-state index contributed by atoms with van der Waals surface area (Å²) in [5.74, 6) is 0.0651. The molecule has 4 rings (SSSR count). The normalized spacial score (nSPS) is 23.2. The molecule has 1 aromatic heterocycles. The minimum atomic E-state index is -0.160. The highest BCUT2D eigenvalue weighted by atomic mass is 16.5. The number of pyridine rings is 1. The Labute approximate surface area is 172 Å². The predicted molar refractivity (Wildman–Crippen MR) is 111 cm³/mol. The van der Waals surface area contributed by atoms with Crippen LogP contribution in [0.5, 0.6) is 0 Å². The molecule has 6 nitrogen and oxygen atoms in total. The van der Waals surface area contributed by atoms with E-state index in [0.717, 1.165) is 55.1 Å². The molecule has 1 aromatic carbocycles. The maximum Gasteiger partial charge on any atom is 0.254 e. The number of aromatic nitrogens is 1. The van der Waals surface area contributed by atoms with E-state index in [-0.39, 0.29) is 18.1 Å². The standard InChI is InChI=1S/C23H29N3O3/c1-17-5-3-7-20(18(17)2)23(27)26-11-14-29-21(16-25-9-12-28-13-10-25)22(26)19-6-4-8-24-15-19/h3-8,15,21-22H,9-14,16H2,1-2H3/t21-,22-/m0/s1. The van der Waals surface area contributed by atoms with Gasteiger partial charge in [0.15, 0.2) is 0 Å². The number of nitrogens with zero attached hydrogens (tertiary/aromatic N) is 3. The number of carbonyl (C=O) groups excluding carboxylic acids is 1. The van der Waals surface area contributed by atoms with Crippen LogP contribution in [-0.4, -0.2) is 72.8 Å². The highest BCUT2D eigenvalue weighted by Gasteiger charge is 2.38. The van der Waals surface area contributed by atoms with Crippen LogP contribution in [0.3, 0.4) is 0 Å². The lowest BCUT2D eigenvalue weighted by Crippen LogP contribution is -2.53. The minimum Gasteiger partial charge on any atom is -0.379 e. The average Bonchev–Trinajstić information content (AvgIpc) is 2.76. The topological polar surface area (TPSA) is 54.9 Å². The molecular formula is C23H29N3O3. The van der Waals surface area contributed by atoms with Gasteiger partial charge >= 0.3 is 0 Å². The van der Waals surface area contributed by atoms with Crippen LogP contribution in [0, 0.1) is 13.8 Å². The molecule has 29 heavy (non-hydrogen) atoms. The molecule has 0 N–H and O–H groups in total. The van der Waals surface area contributed by atoms with Gasteiger partial charge in [-0.05, 0) is 42.7 Å². The third-order valence-electron chi connectivity index (χ3n) is 6.02. The number of morpholine rings is 2. The fourth-order valence-corrected chi connectivity index (χ4v) is 4.24. The molecule has 3 heterocycles. The number of hydrogen-bond acceptors (Lipinski definition) is 5. The first-order chi connectivity index (χ1) is 14.1. The Morgan fingerprint density at radius 3 is 2.69 bits per heavy atom. The van der Waals surface area contributed by atoms with Gasteiger partial charge in [-0.15, -0.1) is 0 Å². The summed E-state index contributed by atoms with van der Waals surface area (Å²) in [6.45, 7) is 9.24. The van der Waals surface area contributed by atoms with Crippen molar-refractivity contribution in [3.8, 4) is 0 Å². The zero-order valence-electron chi connectivity index (χ0n) is 17.2. The van der Waals surface area contributed by atoms with Crippen molar-refractivity contribution in [2.75, 3.05) is 46.0 Å². The van der Waals surface area contributed by atoms with E-state index in [2.05, 4.69) is 9.88 Å². The predicted octanol–water partition coefficient (Wildman–Crippen LogP) is 2.61. The number of aryl methyl sites for hydroxylation is 1. The monoisotopic (exact) mass is 395 g/mol. The van der Waals surface area contributed by atoms with Gasteiger partial charge in [0.25, 0.3) is 5.91 Å². The number of ether oxygens (including phenoxy) is 2. The van der Waals surface area contributed by atoms with Crippen LogP contribution < -0.4 is 0 Å². The van der Waals surface area contributed by atoms with E-state index < -0.39 is 0 Å². The van der Waals surface area contributed by atoms with Crippen molar-refractivity contribution in [1.29, 1.82) is 0 Å². The molecule has 0 bridgehead atoms. The molecule has 0 unspecified atom stereocenters. The Kier molecular flexibility index (Phi) is 6.23. The van der Waals surface area contributed by atoms with Crippen LogP contribution in [-0.2, 0) is 9.47 Å². The zero-order valence-corrected chi connectivity index (χ0v) is 17.2. The molecule has 6 heteroatoms. The summed E-state index contributed by atoms with van der Waals surface area (Å²) >= 11 is 0. The van der Waals surface area contributed by atoms with Crippen LogP contribution in [0.25, 0.3) is 0 Å². The molecule has 0 saturated carbocycles. The van der Waals surface area contributed by atoms with Crippen molar-refractivity contribution in [3.05, 3.63) is 65.0 Å². The number of rotatable bonds is 4. The molecular weight excluding hydrogens is 366 g/mol. The maximum atomic E-state index is 13.6. The lowest BCUT2D eigenvalue weighted by molar-refractivity contribution is -0.0819. The van der Waals surface area contributed by atoms with E-state index in [0.29, 0.717) is 13.2 Å². The molecule has 2 aromatic rings. The molecule has 1 amide bonds. The quantitative estimate of drug-likeness (QED) is 0.797. The summed E-state index contributed by atoms with van der Waals surface area (Å²) < 4.78 is 11.7. The molecule has 154 valence electrons. The van der Waals surface area contributed by atoms with Crippen molar-refractivity contribution in [2.24, 2.45) is 0 Å². The molecule has 2 aliphatic heterocycles. The van der Waals surface area contributed by atoms with Gasteiger partial charge in [-0.2, -0.15) is 0 Å². The van der Waals surface area contributed by atoms with E-state index >= 15 is 0 Å². The number of benzene rings is 1. The van der Waals surface area contributed by atoms with Crippen molar-refractivity contribution >= 4 is 5.91 Å². The molecule has 2 atom stereocenters. The highest BCUT2D eigenvalue weighted by Crippen LogP contribution is 2.32. The Morgan fingerprint density at radius 2 is 1.93 bits per heavy atom. The molecule has 2 saturated heterocycles. The zero-order chi connectivity index (χ0) is 20.2. The Balaban J connectivity index is 1.65. The lowest BCUT2D eigenvalue weighted by atomic mass is 9.96. The van der Waals surface area contributed by atoms with Crippen LogP contribution in [0.1, 0.15) is 33.1 Å². The van der Waals surface area contributed by atoms with E-state index in [1.165, 1.54) is 0 Å². The Hall–Kier alpha value is -2.28. The largest absolute Gasteiger partial charge is 0.379 e. The fourth-order valence-electron chi connectivity index (χ4n) is 4.24. The third kappa shape index (κ3) is 4.34. The summed E-state index contributed by atoms with van der Waals surface area (Å²) in [4.78, 5) is 22.3. The van der Waals surface area contributed by atoms with Gasteiger partial charge < -0.3 is 14.4 Å². The highest BCUT2D eigenvalue weighted by molar-refractivity contribution is 5.96. The number of amides is 1. The van der Waals surface area contributed by atoms with Crippen LogP contribution in [0.4, 0.5) is 0 Å². The van der Waals surface area contributed by atoms with Gasteiger partial charge in [-0.25, -0.2) is 0 Å². The van der Waals surface area contributed by atoms with Crippen molar-refractivity contribution in [3.63, 3.8) is 0 Å². The molecule has 2 fully saturated rings. The second-order valence-corrected chi connectivity index (χ2v) is 7.80. The SMILES string of the molecule is Cc1cccc(C(=O)N2CCO[C@@H](CN3CCOCC3)[C@@H]2c2cccnc2)c1C. The van der Waals surface area contributed by atoms with E-state index in [4.69, 9.17) is 9.47 Å². The van der Waals surface area contributed by atoms with Crippen LogP contribution in [0.2, 0.25) is 0 Å². The summed E-state index contributed by atoms with van der Waals surface area (Å²) in [5.41, 5.74) is 3.96. The first-order valence-corrected chi connectivity index (χ1v) is 10.3. The second-order valence-electron chi connectivity index (χ2n) is 7.80. The van der Waals surface area contributed by atoms with Crippen molar-refractivity contribution in [1.82, 2.24) is 14.8 Å². The van der Waals surface area contributed by atoms with Gasteiger partial charge in [0.2, 0.25) is 0 Å². The van der Waals surface area contributed by atoms with E-state index in [1.54, 1.807) is 6.20 Å². The number of carbonyl (C=O) groups is 1. The Morgan fingerprint density at radius 1 is 1.10 bits per heavy atom. The van der Waals surface area contributed by atoms with Crippen LogP contribution in [0.15, 0.2) is 42.7 Å². The van der Waals surface area contributed by atoms with E-state index in [9.17, 15) is 4.79 Å². The summed E-state index contributed by atoms with van der Waals surface area (Å²) in [5, 5.41) is 0. The van der Waals surface area contributed by atoms with Crippen LogP contribution >= 0.6 is 0 Å². The summed E-state index contributed by atoms with van der Waals surface area (Å²) in [6, 6.07) is 9.74. The van der Waals surface area contributed by atoms with Crippen molar-refractivity contribution < 1.29 is 14.3 Å². The average molecular weight is 396 g/mol. The smallest absolute Gasteiger partial charge is 0.254 e. The van der Waals surface area contributed by atoms with Gasteiger partial charge in [0.1, 0.15) is 0 Å². The first kappa shape index (κ1) is 20.0. The van der Waals surface area contributed by atoms with Gasteiger partial charge in [-0.1, -0.05) is 18.2 Å². The molecule has 0 spiro atoms. The second kappa shape index (κ2) is 9.03. The Bertz CT molecular complexity index is 837. The third-order valence-corrected chi connectivity index (χ3v) is 6.02. The van der Waals surface area contributed by atoms with Gasteiger partial charge in [0.05, 0.1) is 32.0 Å². The molecule has 2 aliphatic rings.